The molecule has 5 nitrogen and oxygen atoms in total. The lowest BCUT2D eigenvalue weighted by atomic mass is 10.1. The number of H-pyrrole nitrogens is 1. The number of hydrogen-bond acceptors (Lipinski definition) is 5. The predicted octanol–water partition coefficient (Wildman–Crippen LogP) is 5.62. The van der Waals surface area contributed by atoms with Crippen molar-refractivity contribution in [2.45, 2.75) is 23.9 Å². The van der Waals surface area contributed by atoms with Crippen LogP contribution in [0.4, 0.5) is 5.69 Å². The Hall–Kier alpha value is -1.87. The Morgan fingerprint density at radius 2 is 2.11 bits per heavy atom. The van der Waals surface area contributed by atoms with E-state index in [0.717, 1.165) is 32.0 Å². The van der Waals surface area contributed by atoms with Crippen molar-refractivity contribution < 1.29 is 8.42 Å². The fourth-order valence-electron chi connectivity index (χ4n) is 3.15. The van der Waals surface area contributed by atoms with Crippen molar-refractivity contribution in [2.24, 2.45) is 0 Å². The highest BCUT2D eigenvalue weighted by Gasteiger charge is 2.27. The molecule has 1 aromatic carbocycles. The van der Waals surface area contributed by atoms with Crippen LogP contribution in [0.1, 0.15) is 17.4 Å². The number of thiazole rings is 1. The largest absolute Gasteiger partial charge is 0.351 e. The van der Waals surface area contributed by atoms with Crippen molar-refractivity contribution in [1.29, 1.82) is 0 Å². The molecule has 0 atom stereocenters. The van der Waals surface area contributed by atoms with Gasteiger partial charge in [0.25, 0.3) is 10.0 Å². The van der Waals surface area contributed by atoms with Crippen LogP contribution in [-0.4, -0.2) is 24.9 Å². The highest BCUT2D eigenvalue weighted by atomic mass is 35.5. The van der Waals surface area contributed by atoms with Crippen LogP contribution in [-0.2, 0) is 15.9 Å². The van der Waals surface area contributed by atoms with Gasteiger partial charge in [-0.3, -0.25) is 4.31 Å². The van der Waals surface area contributed by atoms with Crippen molar-refractivity contribution in [3.05, 3.63) is 52.3 Å². The normalized spacial score (nSPS) is 12.0. The maximum atomic E-state index is 13.2. The Morgan fingerprint density at radius 3 is 2.75 bits per heavy atom. The third kappa shape index (κ3) is 3.24. The van der Waals surface area contributed by atoms with Crippen molar-refractivity contribution in [3.8, 4) is 10.7 Å². The number of hydrogen-bond donors (Lipinski definition) is 1. The number of sulfonamides is 1. The number of rotatable bonds is 6. The number of benzene rings is 1. The molecule has 0 bridgehead atoms. The van der Waals surface area contributed by atoms with Gasteiger partial charge in [0.2, 0.25) is 0 Å². The van der Waals surface area contributed by atoms with Gasteiger partial charge < -0.3 is 4.98 Å². The van der Waals surface area contributed by atoms with Crippen LogP contribution in [0.15, 0.2) is 46.1 Å². The van der Waals surface area contributed by atoms with E-state index in [1.165, 1.54) is 27.0 Å². The second-order valence-electron chi connectivity index (χ2n) is 6.24. The molecule has 9 heteroatoms. The SMILES string of the molecule is CCN(c1ccc(C)c2cc(-c3ncc(CCl)s3)[nH]c12)S(=O)(=O)c1cccs1. The first-order chi connectivity index (χ1) is 13.5. The summed E-state index contributed by atoms with van der Waals surface area (Å²) in [6.07, 6.45) is 1.77. The van der Waals surface area contributed by atoms with Gasteiger partial charge >= 0.3 is 0 Å². The number of anilines is 1. The number of nitrogens with zero attached hydrogens (tertiary/aromatic N) is 2. The number of alkyl halides is 1. The van der Waals surface area contributed by atoms with Crippen molar-refractivity contribution in [2.75, 3.05) is 10.8 Å². The zero-order valence-electron chi connectivity index (χ0n) is 15.3. The van der Waals surface area contributed by atoms with Gasteiger partial charge in [-0.05, 0) is 43.0 Å². The summed E-state index contributed by atoms with van der Waals surface area (Å²) in [5.74, 6) is 0.421. The monoisotopic (exact) mass is 451 g/mol. The fourth-order valence-corrected chi connectivity index (χ4v) is 6.71. The number of thiophene rings is 1. The Labute approximate surface area is 176 Å². The Balaban J connectivity index is 1.88. The van der Waals surface area contributed by atoms with E-state index in [1.807, 2.05) is 32.0 Å². The van der Waals surface area contributed by atoms with Gasteiger partial charge in [0.05, 0.1) is 22.8 Å². The second-order valence-corrected chi connectivity index (χ2v) is 10.7. The molecule has 0 spiro atoms. The minimum Gasteiger partial charge on any atom is -0.351 e. The van der Waals surface area contributed by atoms with E-state index in [4.69, 9.17) is 11.6 Å². The maximum absolute atomic E-state index is 13.2. The third-order valence-corrected chi connectivity index (χ3v) is 9.24. The van der Waals surface area contributed by atoms with Gasteiger partial charge in [-0.2, -0.15) is 0 Å². The number of halogens is 1. The van der Waals surface area contributed by atoms with Gasteiger partial charge in [0.1, 0.15) is 9.22 Å². The van der Waals surface area contributed by atoms with Crippen LogP contribution in [0.3, 0.4) is 0 Å². The van der Waals surface area contributed by atoms with Crippen LogP contribution in [0.2, 0.25) is 0 Å². The number of aromatic nitrogens is 2. The van der Waals surface area contributed by atoms with Crippen LogP contribution >= 0.6 is 34.3 Å². The quantitative estimate of drug-likeness (QED) is 0.387. The number of nitrogens with one attached hydrogen (secondary N) is 1. The number of aryl methyl sites for hydroxylation is 1. The smallest absolute Gasteiger partial charge is 0.273 e. The first-order valence-electron chi connectivity index (χ1n) is 8.65. The molecule has 0 unspecified atom stereocenters. The van der Waals surface area contributed by atoms with E-state index < -0.39 is 10.0 Å². The van der Waals surface area contributed by atoms with Crippen molar-refractivity contribution in [1.82, 2.24) is 9.97 Å². The molecule has 0 aliphatic heterocycles. The van der Waals surface area contributed by atoms with E-state index in [-0.39, 0.29) is 0 Å². The van der Waals surface area contributed by atoms with E-state index in [0.29, 0.717) is 22.3 Å². The molecule has 0 aliphatic carbocycles. The van der Waals surface area contributed by atoms with Crippen LogP contribution in [0.5, 0.6) is 0 Å². The fraction of sp³-hybridized carbons (Fsp3) is 0.211. The summed E-state index contributed by atoms with van der Waals surface area (Å²) in [7, 11) is -3.62. The summed E-state index contributed by atoms with van der Waals surface area (Å²) in [4.78, 5) is 8.82. The van der Waals surface area contributed by atoms with E-state index >= 15 is 0 Å². The Kier molecular flexibility index (Phi) is 5.22. The minimum atomic E-state index is -3.62. The van der Waals surface area contributed by atoms with E-state index in [2.05, 4.69) is 9.97 Å². The van der Waals surface area contributed by atoms with Gasteiger partial charge in [-0.1, -0.05) is 12.1 Å². The minimum absolute atomic E-state index is 0.334. The lowest BCUT2D eigenvalue weighted by molar-refractivity contribution is 0.594. The average molecular weight is 452 g/mol. The lowest BCUT2D eigenvalue weighted by Crippen LogP contribution is -2.30. The Morgan fingerprint density at radius 1 is 1.29 bits per heavy atom. The summed E-state index contributed by atoms with van der Waals surface area (Å²) in [6.45, 7) is 4.19. The number of aromatic amines is 1. The highest BCUT2D eigenvalue weighted by molar-refractivity contribution is 7.94. The molecule has 0 saturated heterocycles. The topological polar surface area (TPSA) is 66.1 Å². The average Bonchev–Trinajstić information content (AvgIpc) is 3.43. The zero-order valence-corrected chi connectivity index (χ0v) is 18.5. The summed E-state index contributed by atoms with van der Waals surface area (Å²) < 4.78 is 28.1. The highest BCUT2D eigenvalue weighted by Crippen LogP contribution is 2.36. The molecular formula is C19H18ClN3O2S3. The van der Waals surface area contributed by atoms with E-state index in [1.54, 1.807) is 23.7 Å². The van der Waals surface area contributed by atoms with Crippen LogP contribution in [0, 0.1) is 6.92 Å². The molecule has 1 N–H and O–H groups in total. The summed E-state index contributed by atoms with van der Waals surface area (Å²) >= 11 is 8.65. The van der Waals surface area contributed by atoms with Crippen molar-refractivity contribution >= 4 is 60.9 Å². The molecule has 3 heterocycles. The molecular weight excluding hydrogens is 434 g/mol. The third-order valence-electron chi connectivity index (χ3n) is 4.50. The molecule has 4 aromatic rings. The predicted molar refractivity (Wildman–Crippen MR) is 118 cm³/mol. The maximum Gasteiger partial charge on any atom is 0.273 e. The van der Waals surface area contributed by atoms with Gasteiger partial charge in [-0.15, -0.1) is 34.3 Å². The standard InChI is InChI=1S/C19H18ClN3O2S3/c1-3-23(28(24,25)17-5-4-8-26-17)16-7-6-12(2)14-9-15(22-18(14)16)19-21-11-13(10-20)27-19/h4-9,11,22H,3,10H2,1-2H3. The first-order valence-corrected chi connectivity index (χ1v) is 12.3. The van der Waals surface area contributed by atoms with Crippen molar-refractivity contribution in [3.63, 3.8) is 0 Å². The molecule has 0 amide bonds. The molecule has 0 saturated carbocycles. The lowest BCUT2D eigenvalue weighted by Gasteiger charge is -2.23. The zero-order chi connectivity index (χ0) is 19.9. The summed E-state index contributed by atoms with van der Waals surface area (Å²) in [5.41, 5.74) is 3.35. The number of fused-ring (bicyclic) bond motifs is 1. The molecule has 4 rings (SSSR count). The summed E-state index contributed by atoms with van der Waals surface area (Å²) in [6, 6.07) is 9.22. The van der Waals surface area contributed by atoms with E-state index in [9.17, 15) is 8.42 Å². The molecule has 146 valence electrons. The first kappa shape index (κ1) is 19.4. The molecule has 0 aliphatic rings. The van der Waals surface area contributed by atoms with Crippen LogP contribution < -0.4 is 4.31 Å². The van der Waals surface area contributed by atoms with Crippen LogP contribution in [0.25, 0.3) is 21.6 Å². The van der Waals surface area contributed by atoms with Gasteiger partial charge in [0, 0.05) is 23.0 Å². The van der Waals surface area contributed by atoms with Gasteiger partial charge in [0.15, 0.2) is 0 Å². The summed E-state index contributed by atoms with van der Waals surface area (Å²) in [5, 5.41) is 3.59. The van der Waals surface area contributed by atoms with Gasteiger partial charge in [-0.25, -0.2) is 13.4 Å². The second kappa shape index (κ2) is 7.51. The Bertz CT molecular complexity index is 1230. The molecule has 28 heavy (non-hydrogen) atoms. The molecule has 0 radical (unpaired) electrons. The molecule has 0 fully saturated rings. The molecule has 3 aromatic heterocycles.